The Morgan fingerprint density at radius 1 is 0.812 bits per heavy atom. The van der Waals surface area contributed by atoms with E-state index in [4.69, 9.17) is 15.2 Å². The van der Waals surface area contributed by atoms with Gasteiger partial charge in [-0.25, -0.2) is 0 Å². The van der Waals surface area contributed by atoms with Gasteiger partial charge in [-0.1, -0.05) is 95.0 Å². The molecule has 1 atom stereocenters. The van der Waals surface area contributed by atoms with Gasteiger partial charge in [0.05, 0.1) is 13.2 Å². The number of ether oxygens (including phenoxy) is 2. The maximum absolute atomic E-state index is 11.4. The van der Waals surface area contributed by atoms with E-state index in [-0.39, 0.29) is 18.0 Å². The van der Waals surface area contributed by atoms with Gasteiger partial charge >= 0.3 is 11.9 Å². The highest BCUT2D eigenvalue weighted by molar-refractivity contribution is 5.66. The van der Waals surface area contributed by atoms with Crippen molar-refractivity contribution in [3.63, 3.8) is 0 Å². The lowest BCUT2D eigenvalue weighted by atomic mass is 9.68. The van der Waals surface area contributed by atoms with E-state index in [1.54, 1.807) is 0 Å². The van der Waals surface area contributed by atoms with Crippen LogP contribution in [0.1, 0.15) is 103 Å². The van der Waals surface area contributed by atoms with Crippen molar-refractivity contribution in [2.24, 2.45) is 5.73 Å². The molecule has 0 radical (unpaired) electrons. The smallest absolute Gasteiger partial charge is 0.302 e. The molecule has 1 aromatic carbocycles. The maximum Gasteiger partial charge on any atom is 0.302 e. The zero-order valence-electron chi connectivity index (χ0n) is 20.6. The Balaban J connectivity index is 2.75. The summed E-state index contributed by atoms with van der Waals surface area (Å²) in [4.78, 5) is 22.7. The van der Waals surface area contributed by atoms with Crippen molar-refractivity contribution < 1.29 is 19.1 Å². The Morgan fingerprint density at radius 2 is 1.28 bits per heavy atom. The summed E-state index contributed by atoms with van der Waals surface area (Å²) < 4.78 is 10.6. The van der Waals surface area contributed by atoms with Crippen LogP contribution < -0.4 is 5.73 Å². The number of carbonyl (C=O) groups is 2. The molecular formula is C27H45NO4. The highest BCUT2D eigenvalue weighted by atomic mass is 16.5. The lowest BCUT2D eigenvalue weighted by Crippen LogP contribution is -2.47. The quantitative estimate of drug-likeness (QED) is 0.218. The summed E-state index contributed by atoms with van der Waals surface area (Å²) in [7, 11) is 0. The molecule has 0 saturated heterocycles. The van der Waals surface area contributed by atoms with Gasteiger partial charge in [0, 0.05) is 25.3 Å². The number of benzene rings is 1. The molecule has 0 fully saturated rings. The molecular weight excluding hydrogens is 402 g/mol. The lowest BCUT2D eigenvalue weighted by Gasteiger charge is -2.40. The SMILES string of the molecule is CCCCCCCCCCCC(N)C(CCOC(C)=O)(CCOC(C)=O)c1ccccc1. The summed E-state index contributed by atoms with van der Waals surface area (Å²) in [5.74, 6) is -0.584. The van der Waals surface area contributed by atoms with Crippen LogP contribution in [0.2, 0.25) is 0 Å². The van der Waals surface area contributed by atoms with E-state index in [0.717, 1.165) is 18.4 Å². The molecule has 0 aliphatic carbocycles. The summed E-state index contributed by atoms with van der Waals surface area (Å²) in [5, 5.41) is 0. The normalized spacial score (nSPS) is 12.4. The average molecular weight is 448 g/mol. The first-order valence-corrected chi connectivity index (χ1v) is 12.5. The minimum atomic E-state index is -0.410. The Bertz CT molecular complexity index is 612. The van der Waals surface area contributed by atoms with Crippen LogP contribution in [0.25, 0.3) is 0 Å². The van der Waals surface area contributed by atoms with Crippen molar-refractivity contribution >= 4 is 11.9 Å². The summed E-state index contributed by atoms with van der Waals surface area (Å²) in [6, 6.07) is 10.0. The van der Waals surface area contributed by atoms with Crippen molar-refractivity contribution in [3.8, 4) is 0 Å². The number of nitrogens with two attached hydrogens (primary N) is 1. The van der Waals surface area contributed by atoms with E-state index in [2.05, 4.69) is 19.1 Å². The van der Waals surface area contributed by atoms with Crippen LogP contribution in [-0.2, 0) is 24.5 Å². The molecule has 1 rings (SSSR count). The van der Waals surface area contributed by atoms with Gasteiger partial charge < -0.3 is 15.2 Å². The summed E-state index contributed by atoms with van der Waals surface area (Å²) in [6.07, 6.45) is 13.6. The average Bonchev–Trinajstić information content (AvgIpc) is 2.77. The maximum atomic E-state index is 11.4. The van der Waals surface area contributed by atoms with Crippen molar-refractivity contribution in [1.82, 2.24) is 0 Å². The van der Waals surface area contributed by atoms with Crippen LogP contribution in [0, 0.1) is 0 Å². The Labute approximate surface area is 195 Å². The standard InChI is InChI=1S/C27H45NO4/c1-4-5-6-7-8-9-10-11-15-18-26(28)27(19-21-31-23(2)29,20-22-32-24(3)30)25-16-13-12-14-17-25/h12-14,16-17,26H,4-11,15,18-22,28H2,1-3H3. The first-order valence-electron chi connectivity index (χ1n) is 12.5. The molecule has 0 heterocycles. The third-order valence-electron chi connectivity index (χ3n) is 6.38. The molecule has 5 nitrogen and oxygen atoms in total. The molecule has 0 bridgehead atoms. The first-order chi connectivity index (χ1) is 15.4. The molecule has 0 aliphatic rings. The topological polar surface area (TPSA) is 78.6 Å². The molecule has 2 N–H and O–H groups in total. The predicted octanol–water partition coefficient (Wildman–Crippen LogP) is 6.08. The highest BCUT2D eigenvalue weighted by Crippen LogP contribution is 2.37. The largest absolute Gasteiger partial charge is 0.466 e. The fourth-order valence-electron chi connectivity index (χ4n) is 4.47. The number of unbranched alkanes of at least 4 members (excludes halogenated alkanes) is 8. The molecule has 1 aromatic rings. The fraction of sp³-hybridized carbons (Fsp3) is 0.704. The van der Waals surface area contributed by atoms with Crippen molar-refractivity contribution in [2.75, 3.05) is 13.2 Å². The number of hydrogen-bond donors (Lipinski definition) is 1. The van der Waals surface area contributed by atoms with Crippen LogP contribution in [0.3, 0.4) is 0 Å². The lowest BCUT2D eigenvalue weighted by molar-refractivity contribution is -0.141. The second-order valence-electron chi connectivity index (χ2n) is 8.93. The van der Waals surface area contributed by atoms with Gasteiger partial charge in [0.25, 0.3) is 0 Å². The summed E-state index contributed by atoms with van der Waals surface area (Å²) in [6.45, 7) is 5.69. The van der Waals surface area contributed by atoms with E-state index in [9.17, 15) is 9.59 Å². The molecule has 0 amide bonds. The van der Waals surface area contributed by atoms with Crippen LogP contribution in [0.4, 0.5) is 0 Å². The Morgan fingerprint density at radius 3 is 1.75 bits per heavy atom. The third kappa shape index (κ3) is 11.1. The number of hydrogen-bond acceptors (Lipinski definition) is 5. The monoisotopic (exact) mass is 447 g/mol. The molecule has 5 heteroatoms. The summed E-state index contributed by atoms with van der Waals surface area (Å²) >= 11 is 0. The van der Waals surface area contributed by atoms with E-state index >= 15 is 0 Å². The fourth-order valence-corrected chi connectivity index (χ4v) is 4.47. The van der Waals surface area contributed by atoms with Crippen molar-refractivity contribution in [2.45, 2.75) is 109 Å². The molecule has 32 heavy (non-hydrogen) atoms. The van der Waals surface area contributed by atoms with Gasteiger partial charge in [0.1, 0.15) is 0 Å². The number of rotatable bonds is 18. The van der Waals surface area contributed by atoms with E-state index in [1.807, 2.05) is 18.2 Å². The minimum absolute atomic E-state index is 0.111. The highest BCUT2D eigenvalue weighted by Gasteiger charge is 2.38. The van der Waals surface area contributed by atoms with Gasteiger partial charge in [-0.05, 0) is 24.8 Å². The molecule has 182 valence electrons. The van der Waals surface area contributed by atoms with E-state index in [1.165, 1.54) is 65.2 Å². The molecule has 1 unspecified atom stereocenters. The van der Waals surface area contributed by atoms with Crippen LogP contribution in [-0.4, -0.2) is 31.2 Å². The Kier molecular flexibility index (Phi) is 14.7. The van der Waals surface area contributed by atoms with Crippen molar-refractivity contribution in [1.29, 1.82) is 0 Å². The Hall–Kier alpha value is -1.88. The van der Waals surface area contributed by atoms with E-state index < -0.39 is 5.41 Å². The predicted molar refractivity (Wildman–Crippen MR) is 130 cm³/mol. The van der Waals surface area contributed by atoms with Crippen molar-refractivity contribution in [3.05, 3.63) is 35.9 Å². The number of carbonyl (C=O) groups excluding carboxylic acids is 2. The second-order valence-corrected chi connectivity index (χ2v) is 8.93. The number of esters is 2. The van der Waals surface area contributed by atoms with Crippen LogP contribution in [0.15, 0.2) is 30.3 Å². The zero-order valence-corrected chi connectivity index (χ0v) is 20.6. The van der Waals surface area contributed by atoms with Crippen LogP contribution >= 0.6 is 0 Å². The molecule has 0 spiro atoms. The molecule has 0 aliphatic heterocycles. The third-order valence-corrected chi connectivity index (χ3v) is 6.38. The minimum Gasteiger partial charge on any atom is -0.466 e. The van der Waals surface area contributed by atoms with Gasteiger partial charge in [-0.3, -0.25) is 9.59 Å². The molecule has 0 aromatic heterocycles. The van der Waals surface area contributed by atoms with Gasteiger partial charge in [0.2, 0.25) is 0 Å². The summed E-state index contributed by atoms with van der Waals surface area (Å²) in [5.41, 5.74) is 7.54. The molecule has 0 saturated carbocycles. The van der Waals surface area contributed by atoms with Gasteiger partial charge in [-0.15, -0.1) is 0 Å². The van der Waals surface area contributed by atoms with Gasteiger partial charge in [-0.2, -0.15) is 0 Å². The van der Waals surface area contributed by atoms with E-state index in [0.29, 0.717) is 26.1 Å². The van der Waals surface area contributed by atoms with Crippen LogP contribution in [0.5, 0.6) is 0 Å². The zero-order chi connectivity index (χ0) is 23.7. The first kappa shape index (κ1) is 28.2. The van der Waals surface area contributed by atoms with Gasteiger partial charge in [0.15, 0.2) is 0 Å². The second kappa shape index (κ2) is 16.7.